The molecule has 0 fully saturated rings. The van der Waals surface area contributed by atoms with Gasteiger partial charge in [0, 0.05) is 5.70 Å². The molecule has 0 aromatic carbocycles. The molecule has 1 heterocycles. The van der Waals surface area contributed by atoms with Crippen LogP contribution in [0, 0.1) is 0 Å². The maximum atomic E-state index is 5.33. The summed E-state index contributed by atoms with van der Waals surface area (Å²) >= 11 is 0. The van der Waals surface area contributed by atoms with Gasteiger partial charge in [0.2, 0.25) is 0 Å². The lowest BCUT2D eigenvalue weighted by atomic mass is 10.4. The largest absolute Gasteiger partial charge is 0.497 e. The van der Waals surface area contributed by atoms with E-state index in [-0.39, 0.29) is 0 Å². The molecule has 2 nitrogen and oxygen atoms in total. The zero-order chi connectivity index (χ0) is 5.11. The highest BCUT2D eigenvalue weighted by Crippen LogP contribution is 1.94. The van der Waals surface area contributed by atoms with Crippen molar-refractivity contribution in [3.05, 3.63) is 24.1 Å². The van der Waals surface area contributed by atoms with Crippen molar-refractivity contribution in [1.29, 1.82) is 0 Å². The monoisotopic (exact) mass is 97.1 g/mol. The predicted octanol–water partition coefficient (Wildman–Crippen LogP) is 0.373. The second kappa shape index (κ2) is 1.69. The molecule has 1 aliphatic rings. The van der Waals surface area contributed by atoms with Crippen LogP contribution in [-0.4, -0.2) is 6.61 Å². The van der Waals surface area contributed by atoms with Crippen molar-refractivity contribution in [3.63, 3.8) is 0 Å². The van der Waals surface area contributed by atoms with Crippen LogP contribution >= 0.6 is 0 Å². The van der Waals surface area contributed by atoms with E-state index in [1.807, 2.05) is 6.08 Å². The quantitative estimate of drug-likeness (QED) is 0.474. The van der Waals surface area contributed by atoms with Crippen LogP contribution in [0.2, 0.25) is 0 Å². The first kappa shape index (κ1) is 4.24. The average molecular weight is 97.1 g/mol. The molecule has 1 aliphatic heterocycles. The Morgan fingerprint density at radius 2 is 2.57 bits per heavy atom. The fraction of sp³-hybridized carbons (Fsp3) is 0.200. The first-order valence-corrected chi connectivity index (χ1v) is 2.13. The Balaban J connectivity index is 2.58. The summed E-state index contributed by atoms with van der Waals surface area (Å²) in [5.41, 5.74) is 6.11. The van der Waals surface area contributed by atoms with Crippen molar-refractivity contribution in [2.75, 3.05) is 6.61 Å². The Morgan fingerprint density at radius 1 is 1.71 bits per heavy atom. The van der Waals surface area contributed by atoms with Gasteiger partial charge in [0.15, 0.2) is 0 Å². The summed E-state index contributed by atoms with van der Waals surface area (Å²) in [6.07, 6.45) is 5.14. The Morgan fingerprint density at radius 3 is 2.86 bits per heavy atom. The van der Waals surface area contributed by atoms with Crippen LogP contribution < -0.4 is 5.73 Å². The molecule has 0 radical (unpaired) electrons. The van der Waals surface area contributed by atoms with Crippen molar-refractivity contribution >= 4 is 0 Å². The topological polar surface area (TPSA) is 35.2 Å². The lowest BCUT2D eigenvalue weighted by Crippen LogP contribution is -1.99. The van der Waals surface area contributed by atoms with E-state index in [0.717, 1.165) is 5.70 Å². The number of ether oxygens (including phenoxy) is 1. The third-order valence-corrected chi connectivity index (χ3v) is 0.772. The summed E-state index contributed by atoms with van der Waals surface area (Å²) < 4.78 is 4.80. The van der Waals surface area contributed by atoms with Crippen LogP contribution in [0.4, 0.5) is 0 Å². The van der Waals surface area contributed by atoms with Gasteiger partial charge in [0.05, 0.1) is 6.26 Å². The fourth-order valence-electron chi connectivity index (χ4n) is 0.395. The molecule has 0 saturated heterocycles. The van der Waals surface area contributed by atoms with Gasteiger partial charge in [-0.1, -0.05) is 0 Å². The Labute approximate surface area is 42.3 Å². The number of nitrogens with two attached hydrogens (primary N) is 1. The number of rotatable bonds is 0. The molecule has 0 saturated carbocycles. The number of allylic oxidation sites excluding steroid dienone is 1. The minimum absolute atomic E-state index is 0.613. The van der Waals surface area contributed by atoms with E-state index >= 15 is 0 Å². The number of hydrogen-bond acceptors (Lipinski definition) is 2. The van der Waals surface area contributed by atoms with Gasteiger partial charge < -0.3 is 10.5 Å². The smallest absolute Gasteiger partial charge is 0.108 e. The van der Waals surface area contributed by atoms with Crippen LogP contribution in [0.15, 0.2) is 24.1 Å². The first-order valence-electron chi connectivity index (χ1n) is 2.13. The molecule has 0 bridgehead atoms. The minimum atomic E-state index is 0.613. The molecule has 2 heteroatoms. The minimum Gasteiger partial charge on any atom is -0.497 e. The Kier molecular flexibility index (Phi) is 1.02. The molecule has 0 aliphatic carbocycles. The Hall–Kier alpha value is -0.920. The zero-order valence-electron chi connectivity index (χ0n) is 3.92. The van der Waals surface area contributed by atoms with Gasteiger partial charge in [0.25, 0.3) is 0 Å². The summed E-state index contributed by atoms with van der Waals surface area (Å²) in [6, 6.07) is 0. The standard InChI is InChI=1S/C5H7NO/c6-5-1-3-7-4-2-5/h1-3H,4,6H2. The fourth-order valence-corrected chi connectivity index (χ4v) is 0.395. The first-order chi connectivity index (χ1) is 3.39. The van der Waals surface area contributed by atoms with E-state index in [1.165, 1.54) is 0 Å². The second-order valence-corrected chi connectivity index (χ2v) is 1.34. The second-order valence-electron chi connectivity index (χ2n) is 1.34. The summed E-state index contributed by atoms with van der Waals surface area (Å²) in [4.78, 5) is 0. The van der Waals surface area contributed by atoms with Crippen molar-refractivity contribution in [3.8, 4) is 0 Å². The molecule has 0 aromatic heterocycles. The van der Waals surface area contributed by atoms with Crippen molar-refractivity contribution in [2.45, 2.75) is 0 Å². The van der Waals surface area contributed by atoms with Gasteiger partial charge in [-0.25, -0.2) is 0 Å². The molecule has 0 amide bonds. The molecule has 7 heavy (non-hydrogen) atoms. The van der Waals surface area contributed by atoms with E-state index in [0.29, 0.717) is 6.61 Å². The normalized spacial score (nSPS) is 18.0. The summed E-state index contributed by atoms with van der Waals surface area (Å²) in [5, 5.41) is 0. The molecule has 0 atom stereocenters. The predicted molar refractivity (Wildman–Crippen MR) is 27.4 cm³/mol. The van der Waals surface area contributed by atoms with Crippen molar-refractivity contribution < 1.29 is 4.74 Å². The third-order valence-electron chi connectivity index (χ3n) is 0.772. The highest BCUT2D eigenvalue weighted by atomic mass is 16.5. The van der Waals surface area contributed by atoms with E-state index in [9.17, 15) is 0 Å². The molecule has 38 valence electrons. The lowest BCUT2D eigenvalue weighted by molar-refractivity contribution is 0.284. The number of hydrogen-bond donors (Lipinski definition) is 1. The van der Waals surface area contributed by atoms with Crippen molar-refractivity contribution in [1.82, 2.24) is 0 Å². The maximum Gasteiger partial charge on any atom is 0.108 e. The van der Waals surface area contributed by atoms with E-state index in [2.05, 4.69) is 0 Å². The van der Waals surface area contributed by atoms with Crippen LogP contribution in [0.1, 0.15) is 0 Å². The molecule has 1 rings (SSSR count). The van der Waals surface area contributed by atoms with Gasteiger partial charge >= 0.3 is 0 Å². The average Bonchev–Trinajstić information content (AvgIpc) is 1.69. The van der Waals surface area contributed by atoms with Gasteiger partial charge in [-0.2, -0.15) is 0 Å². The molecular formula is C5H7NO. The summed E-state index contributed by atoms with van der Waals surface area (Å²) in [5.74, 6) is 0. The lowest BCUT2D eigenvalue weighted by Gasteiger charge is -2.00. The van der Waals surface area contributed by atoms with Crippen LogP contribution in [0.3, 0.4) is 0 Å². The molecule has 0 spiro atoms. The van der Waals surface area contributed by atoms with Gasteiger partial charge in [-0.05, 0) is 12.2 Å². The Bertz CT molecular complexity index is 115. The van der Waals surface area contributed by atoms with Gasteiger partial charge in [-0.3, -0.25) is 0 Å². The van der Waals surface area contributed by atoms with Crippen LogP contribution in [0.25, 0.3) is 0 Å². The third kappa shape index (κ3) is 0.961. The summed E-state index contributed by atoms with van der Waals surface area (Å²) in [6.45, 7) is 0.613. The SMILES string of the molecule is NC1=CCOC=C1. The van der Waals surface area contributed by atoms with E-state index in [4.69, 9.17) is 10.5 Å². The van der Waals surface area contributed by atoms with Gasteiger partial charge in [-0.15, -0.1) is 0 Å². The molecule has 0 unspecified atom stereocenters. The van der Waals surface area contributed by atoms with Gasteiger partial charge in [0.1, 0.15) is 6.61 Å². The molecular weight excluding hydrogens is 90.1 g/mol. The van der Waals surface area contributed by atoms with E-state index < -0.39 is 0 Å². The summed E-state index contributed by atoms with van der Waals surface area (Å²) in [7, 11) is 0. The maximum absolute atomic E-state index is 5.33. The highest BCUT2D eigenvalue weighted by Gasteiger charge is 1.86. The van der Waals surface area contributed by atoms with E-state index in [1.54, 1.807) is 12.3 Å². The molecule has 2 N–H and O–H groups in total. The molecule has 0 aromatic rings. The zero-order valence-corrected chi connectivity index (χ0v) is 3.92. The van der Waals surface area contributed by atoms with Crippen LogP contribution in [-0.2, 0) is 4.74 Å². The van der Waals surface area contributed by atoms with Crippen LogP contribution in [0.5, 0.6) is 0 Å². The van der Waals surface area contributed by atoms with Crippen molar-refractivity contribution in [2.24, 2.45) is 5.73 Å². The highest BCUT2D eigenvalue weighted by molar-refractivity contribution is 5.15.